The predicted molar refractivity (Wildman–Crippen MR) is 124 cm³/mol. The summed E-state index contributed by atoms with van der Waals surface area (Å²) < 4.78 is 0. The standard InChI is InChI=1S/C25H24N4O4/c26-22(30)14-28-23(31)16-7-5-15(6-8-16)13-27-25(33)20-11-18-3-1-2-4-19(18)12-21(20)29-24(32)17-9-10-17/h1-8,11-12,17H,9-10,13-14H2,(H2,26,30)(H,27,33)(H,28,31)(H,29,32). The molecule has 0 atom stereocenters. The lowest BCUT2D eigenvalue weighted by atomic mass is 10.0. The lowest BCUT2D eigenvalue weighted by Crippen LogP contribution is -2.33. The highest BCUT2D eigenvalue weighted by molar-refractivity contribution is 6.08. The molecule has 168 valence electrons. The summed E-state index contributed by atoms with van der Waals surface area (Å²) in [6, 6.07) is 17.9. The van der Waals surface area contributed by atoms with E-state index in [1.54, 1.807) is 30.3 Å². The first-order chi connectivity index (χ1) is 15.9. The van der Waals surface area contributed by atoms with E-state index in [2.05, 4.69) is 16.0 Å². The average molecular weight is 444 g/mol. The van der Waals surface area contributed by atoms with Crippen LogP contribution in [0.2, 0.25) is 0 Å². The Bertz CT molecular complexity index is 1230. The van der Waals surface area contributed by atoms with Crippen molar-refractivity contribution in [2.24, 2.45) is 11.7 Å². The summed E-state index contributed by atoms with van der Waals surface area (Å²) >= 11 is 0. The molecule has 0 spiro atoms. The lowest BCUT2D eigenvalue weighted by molar-refractivity contribution is -0.118. The molecule has 8 nitrogen and oxygen atoms in total. The van der Waals surface area contributed by atoms with Crippen molar-refractivity contribution in [2.45, 2.75) is 19.4 Å². The van der Waals surface area contributed by atoms with Gasteiger partial charge in [-0.3, -0.25) is 19.2 Å². The maximum absolute atomic E-state index is 13.0. The molecule has 0 unspecified atom stereocenters. The topological polar surface area (TPSA) is 130 Å². The molecule has 5 N–H and O–H groups in total. The first-order valence-electron chi connectivity index (χ1n) is 10.7. The summed E-state index contributed by atoms with van der Waals surface area (Å²) in [5, 5.41) is 10.0. The molecule has 0 aromatic heterocycles. The Kier molecular flexibility index (Phi) is 6.35. The molecule has 4 rings (SSSR count). The van der Waals surface area contributed by atoms with Crippen molar-refractivity contribution in [3.05, 3.63) is 77.4 Å². The third-order valence-corrected chi connectivity index (χ3v) is 5.43. The molecule has 1 aliphatic rings. The van der Waals surface area contributed by atoms with Gasteiger partial charge in [-0.05, 0) is 53.4 Å². The highest BCUT2D eigenvalue weighted by Gasteiger charge is 2.30. The van der Waals surface area contributed by atoms with E-state index in [1.165, 1.54) is 0 Å². The molecule has 1 saturated carbocycles. The number of carbonyl (C=O) groups is 4. The van der Waals surface area contributed by atoms with Crippen LogP contribution in [0.1, 0.15) is 39.1 Å². The van der Waals surface area contributed by atoms with Crippen LogP contribution in [0.15, 0.2) is 60.7 Å². The molecule has 0 heterocycles. The van der Waals surface area contributed by atoms with Crippen LogP contribution < -0.4 is 21.7 Å². The minimum absolute atomic E-state index is 0.0195. The Labute approximate surface area is 190 Å². The van der Waals surface area contributed by atoms with Gasteiger partial charge in [0.25, 0.3) is 11.8 Å². The molecular formula is C25H24N4O4. The maximum atomic E-state index is 13.0. The Hall–Kier alpha value is -4.20. The monoisotopic (exact) mass is 444 g/mol. The summed E-state index contributed by atoms with van der Waals surface area (Å²) in [6.45, 7) is 0.00682. The quantitative estimate of drug-likeness (QED) is 0.425. The van der Waals surface area contributed by atoms with Crippen LogP contribution in [0.5, 0.6) is 0 Å². The van der Waals surface area contributed by atoms with Crippen molar-refractivity contribution in [2.75, 3.05) is 11.9 Å². The molecule has 4 amide bonds. The SMILES string of the molecule is NC(=O)CNC(=O)c1ccc(CNC(=O)c2cc3ccccc3cc2NC(=O)C2CC2)cc1. The first kappa shape index (κ1) is 22.0. The zero-order chi connectivity index (χ0) is 23.4. The van der Waals surface area contributed by atoms with Crippen molar-refractivity contribution in [3.63, 3.8) is 0 Å². The van der Waals surface area contributed by atoms with Gasteiger partial charge in [-0.15, -0.1) is 0 Å². The molecule has 0 aliphatic heterocycles. The van der Waals surface area contributed by atoms with E-state index >= 15 is 0 Å². The summed E-state index contributed by atoms with van der Waals surface area (Å²) in [6.07, 6.45) is 1.75. The normalized spacial score (nSPS) is 12.7. The van der Waals surface area contributed by atoms with Gasteiger partial charge >= 0.3 is 0 Å². The molecule has 3 aromatic carbocycles. The zero-order valence-corrected chi connectivity index (χ0v) is 17.9. The van der Waals surface area contributed by atoms with Crippen molar-refractivity contribution < 1.29 is 19.2 Å². The van der Waals surface area contributed by atoms with Crippen LogP contribution in [0.25, 0.3) is 10.8 Å². The number of fused-ring (bicyclic) bond motifs is 1. The third-order valence-electron chi connectivity index (χ3n) is 5.43. The molecule has 0 saturated heterocycles. The number of anilines is 1. The van der Waals surface area contributed by atoms with Gasteiger partial charge in [0.1, 0.15) is 0 Å². The summed E-state index contributed by atoms with van der Waals surface area (Å²) in [5.74, 6) is -1.38. The summed E-state index contributed by atoms with van der Waals surface area (Å²) in [7, 11) is 0. The highest BCUT2D eigenvalue weighted by Crippen LogP contribution is 2.32. The largest absolute Gasteiger partial charge is 0.368 e. The molecule has 33 heavy (non-hydrogen) atoms. The Morgan fingerprint density at radius 2 is 1.52 bits per heavy atom. The number of nitrogens with two attached hydrogens (primary N) is 1. The van der Waals surface area contributed by atoms with E-state index in [0.29, 0.717) is 16.8 Å². The maximum Gasteiger partial charge on any atom is 0.253 e. The van der Waals surface area contributed by atoms with Gasteiger partial charge in [-0.25, -0.2) is 0 Å². The van der Waals surface area contributed by atoms with Gasteiger partial charge in [0.2, 0.25) is 11.8 Å². The van der Waals surface area contributed by atoms with Crippen LogP contribution in [-0.2, 0) is 16.1 Å². The number of carbonyl (C=O) groups excluding carboxylic acids is 4. The Balaban J connectivity index is 1.46. The molecular weight excluding hydrogens is 420 g/mol. The van der Waals surface area contributed by atoms with Gasteiger partial charge in [0.15, 0.2) is 0 Å². The number of amides is 4. The van der Waals surface area contributed by atoms with E-state index in [0.717, 1.165) is 29.2 Å². The van der Waals surface area contributed by atoms with Crippen LogP contribution in [0.4, 0.5) is 5.69 Å². The smallest absolute Gasteiger partial charge is 0.253 e. The Morgan fingerprint density at radius 1 is 0.848 bits per heavy atom. The van der Waals surface area contributed by atoms with Gasteiger partial charge in [0.05, 0.1) is 17.8 Å². The zero-order valence-electron chi connectivity index (χ0n) is 17.9. The fraction of sp³-hybridized carbons (Fsp3) is 0.200. The van der Waals surface area contributed by atoms with Crippen LogP contribution in [0, 0.1) is 5.92 Å². The van der Waals surface area contributed by atoms with Crippen molar-refractivity contribution in [1.29, 1.82) is 0 Å². The molecule has 0 bridgehead atoms. The fourth-order valence-corrected chi connectivity index (χ4v) is 3.43. The van der Waals surface area contributed by atoms with Gasteiger partial charge in [-0.1, -0.05) is 36.4 Å². The number of rotatable bonds is 8. The number of hydrogen-bond donors (Lipinski definition) is 4. The van der Waals surface area contributed by atoms with E-state index in [-0.39, 0.29) is 30.8 Å². The van der Waals surface area contributed by atoms with Crippen LogP contribution in [-0.4, -0.2) is 30.2 Å². The molecule has 0 radical (unpaired) electrons. The van der Waals surface area contributed by atoms with E-state index in [4.69, 9.17) is 5.73 Å². The molecule has 8 heteroatoms. The minimum atomic E-state index is -0.621. The highest BCUT2D eigenvalue weighted by atomic mass is 16.2. The Morgan fingerprint density at radius 3 is 2.15 bits per heavy atom. The molecule has 1 aliphatic carbocycles. The van der Waals surface area contributed by atoms with Crippen molar-refractivity contribution in [3.8, 4) is 0 Å². The summed E-state index contributed by atoms with van der Waals surface area (Å²) in [5.41, 5.74) is 7.08. The third kappa shape index (κ3) is 5.54. The van der Waals surface area contributed by atoms with Crippen molar-refractivity contribution >= 4 is 40.1 Å². The van der Waals surface area contributed by atoms with Gasteiger partial charge < -0.3 is 21.7 Å². The first-order valence-corrected chi connectivity index (χ1v) is 10.7. The van der Waals surface area contributed by atoms with Crippen molar-refractivity contribution in [1.82, 2.24) is 10.6 Å². The van der Waals surface area contributed by atoms with Gasteiger partial charge in [-0.2, -0.15) is 0 Å². The number of hydrogen-bond acceptors (Lipinski definition) is 4. The van der Waals surface area contributed by atoms with E-state index in [1.807, 2.05) is 30.3 Å². The molecule has 3 aromatic rings. The average Bonchev–Trinajstić information content (AvgIpc) is 3.66. The molecule has 1 fully saturated rings. The number of nitrogens with one attached hydrogen (secondary N) is 3. The number of benzene rings is 3. The van der Waals surface area contributed by atoms with Gasteiger partial charge in [0, 0.05) is 18.0 Å². The lowest BCUT2D eigenvalue weighted by Gasteiger charge is -2.13. The minimum Gasteiger partial charge on any atom is -0.368 e. The fourth-order valence-electron chi connectivity index (χ4n) is 3.43. The second-order valence-corrected chi connectivity index (χ2v) is 8.04. The summed E-state index contributed by atoms with van der Waals surface area (Å²) in [4.78, 5) is 48.1. The van der Waals surface area contributed by atoms with E-state index < -0.39 is 11.8 Å². The second-order valence-electron chi connectivity index (χ2n) is 8.04. The van der Waals surface area contributed by atoms with Crippen LogP contribution >= 0.6 is 0 Å². The van der Waals surface area contributed by atoms with E-state index in [9.17, 15) is 19.2 Å². The van der Waals surface area contributed by atoms with Crippen LogP contribution in [0.3, 0.4) is 0 Å². The predicted octanol–water partition coefficient (Wildman–Crippen LogP) is 2.33. The second kappa shape index (κ2) is 9.52. The number of primary amides is 1.